The summed E-state index contributed by atoms with van der Waals surface area (Å²) in [6.45, 7) is 13.8. The molecule has 6 heteroatoms. The lowest BCUT2D eigenvalue weighted by molar-refractivity contribution is -0.132. The number of hydrogen-bond donors (Lipinski definition) is 1. The maximum absolute atomic E-state index is 12.4. The predicted molar refractivity (Wildman–Crippen MR) is 108 cm³/mol. The molecule has 1 saturated heterocycles. The summed E-state index contributed by atoms with van der Waals surface area (Å²) in [5.41, 5.74) is 2.10. The van der Waals surface area contributed by atoms with E-state index in [2.05, 4.69) is 21.7 Å². The number of hydrogen-bond acceptors (Lipinski definition) is 4. The van der Waals surface area contributed by atoms with E-state index in [9.17, 15) is 9.59 Å². The van der Waals surface area contributed by atoms with Gasteiger partial charge in [-0.05, 0) is 19.4 Å². The molecule has 148 valence electrons. The van der Waals surface area contributed by atoms with Crippen LogP contribution < -0.4 is 5.32 Å². The molecular weight excluding hydrogens is 340 g/mol. The molecule has 0 saturated carbocycles. The lowest BCUT2D eigenvalue weighted by atomic mass is 10.2. The molecule has 27 heavy (non-hydrogen) atoms. The first-order valence-electron chi connectivity index (χ1n) is 9.65. The van der Waals surface area contributed by atoms with Gasteiger partial charge in [-0.25, -0.2) is 0 Å². The summed E-state index contributed by atoms with van der Waals surface area (Å²) in [6, 6.07) is 9.91. The van der Waals surface area contributed by atoms with Gasteiger partial charge in [0.2, 0.25) is 11.8 Å². The van der Waals surface area contributed by atoms with Crippen molar-refractivity contribution in [2.75, 3.05) is 52.4 Å². The Balaban J connectivity index is 1.68. The molecule has 0 radical (unpaired) electrons. The van der Waals surface area contributed by atoms with Crippen LogP contribution in [0.2, 0.25) is 0 Å². The van der Waals surface area contributed by atoms with Gasteiger partial charge in [0.15, 0.2) is 0 Å². The molecule has 0 unspecified atom stereocenters. The largest absolute Gasteiger partial charge is 0.351 e. The zero-order valence-corrected chi connectivity index (χ0v) is 16.6. The second kappa shape index (κ2) is 10.8. The fraction of sp³-hybridized carbons (Fsp3) is 0.524. The van der Waals surface area contributed by atoms with Crippen molar-refractivity contribution in [2.45, 2.75) is 20.4 Å². The highest BCUT2D eigenvalue weighted by molar-refractivity contribution is 5.79. The molecule has 1 heterocycles. The molecular formula is C21H32N4O2. The summed E-state index contributed by atoms with van der Waals surface area (Å²) in [7, 11) is 0. The van der Waals surface area contributed by atoms with E-state index in [1.807, 2.05) is 49.1 Å². The summed E-state index contributed by atoms with van der Waals surface area (Å²) in [5, 5.41) is 2.97. The number of nitrogens with zero attached hydrogens (tertiary/aromatic N) is 3. The Morgan fingerprint density at radius 2 is 1.67 bits per heavy atom. The standard InChI is InChI=1S/C21H32N4O2/c1-4-25(15-18(2)3)21(27)17-24-12-10-23(11-13-24)16-20(26)22-14-19-8-6-5-7-9-19/h5-9H,2,4,10-17H2,1,3H3,(H,22,26). The number of amides is 2. The number of likely N-dealkylation sites (N-methyl/N-ethyl adjacent to an activating group) is 1. The maximum Gasteiger partial charge on any atom is 0.237 e. The van der Waals surface area contributed by atoms with Gasteiger partial charge in [0.25, 0.3) is 0 Å². The molecule has 0 atom stereocenters. The van der Waals surface area contributed by atoms with Crippen LogP contribution in [0.1, 0.15) is 19.4 Å². The van der Waals surface area contributed by atoms with Gasteiger partial charge in [-0.1, -0.05) is 42.5 Å². The van der Waals surface area contributed by atoms with Crippen molar-refractivity contribution in [2.24, 2.45) is 0 Å². The molecule has 1 N–H and O–H groups in total. The molecule has 2 rings (SSSR count). The van der Waals surface area contributed by atoms with E-state index in [0.29, 0.717) is 32.7 Å². The van der Waals surface area contributed by atoms with Gasteiger partial charge in [-0.2, -0.15) is 0 Å². The zero-order chi connectivity index (χ0) is 19.6. The summed E-state index contributed by atoms with van der Waals surface area (Å²) in [4.78, 5) is 30.7. The highest BCUT2D eigenvalue weighted by Crippen LogP contribution is 2.04. The highest BCUT2D eigenvalue weighted by Gasteiger charge is 2.22. The molecule has 6 nitrogen and oxygen atoms in total. The van der Waals surface area contributed by atoms with Crippen LogP contribution in [-0.2, 0) is 16.1 Å². The van der Waals surface area contributed by atoms with Gasteiger partial charge >= 0.3 is 0 Å². The minimum atomic E-state index is 0.0435. The number of carbonyl (C=O) groups is 2. The second-order valence-corrected chi connectivity index (χ2v) is 7.18. The first kappa shape index (κ1) is 21.1. The topological polar surface area (TPSA) is 55.9 Å². The van der Waals surface area contributed by atoms with E-state index in [0.717, 1.165) is 37.3 Å². The van der Waals surface area contributed by atoms with Gasteiger partial charge in [0.1, 0.15) is 0 Å². The van der Waals surface area contributed by atoms with E-state index in [-0.39, 0.29) is 11.8 Å². The third-order valence-corrected chi connectivity index (χ3v) is 4.72. The van der Waals surface area contributed by atoms with Gasteiger partial charge in [-0.3, -0.25) is 19.4 Å². The molecule has 1 aliphatic heterocycles. The van der Waals surface area contributed by atoms with Crippen LogP contribution in [0.15, 0.2) is 42.5 Å². The normalized spacial score (nSPS) is 15.3. The fourth-order valence-electron chi connectivity index (χ4n) is 3.15. The first-order valence-corrected chi connectivity index (χ1v) is 9.65. The third kappa shape index (κ3) is 7.53. The van der Waals surface area contributed by atoms with E-state index in [4.69, 9.17) is 0 Å². The van der Waals surface area contributed by atoms with Crippen LogP contribution in [0.4, 0.5) is 0 Å². The number of carbonyl (C=O) groups excluding carboxylic acids is 2. The minimum Gasteiger partial charge on any atom is -0.351 e. The Hall–Kier alpha value is -2.18. The monoisotopic (exact) mass is 372 g/mol. The van der Waals surface area contributed by atoms with E-state index in [1.165, 1.54) is 0 Å². The number of rotatable bonds is 9. The number of piperazine rings is 1. The second-order valence-electron chi connectivity index (χ2n) is 7.18. The average Bonchev–Trinajstić information content (AvgIpc) is 2.66. The molecule has 0 aliphatic carbocycles. The van der Waals surface area contributed by atoms with E-state index in [1.54, 1.807) is 0 Å². The summed E-state index contributed by atoms with van der Waals surface area (Å²) in [6.07, 6.45) is 0. The predicted octanol–water partition coefficient (Wildman–Crippen LogP) is 1.35. The lowest BCUT2D eigenvalue weighted by Crippen LogP contribution is -2.52. The minimum absolute atomic E-state index is 0.0435. The molecule has 0 bridgehead atoms. The van der Waals surface area contributed by atoms with Gasteiger partial charge in [-0.15, -0.1) is 0 Å². The molecule has 1 aromatic carbocycles. The van der Waals surface area contributed by atoms with Crippen LogP contribution in [0.3, 0.4) is 0 Å². The summed E-state index contributed by atoms with van der Waals surface area (Å²) in [5.74, 6) is 0.191. The van der Waals surface area contributed by atoms with Crippen molar-refractivity contribution in [1.82, 2.24) is 20.0 Å². The summed E-state index contributed by atoms with van der Waals surface area (Å²) < 4.78 is 0. The van der Waals surface area contributed by atoms with Crippen molar-refractivity contribution in [3.05, 3.63) is 48.0 Å². The van der Waals surface area contributed by atoms with Crippen molar-refractivity contribution in [3.8, 4) is 0 Å². The quantitative estimate of drug-likeness (QED) is 0.665. The Labute approximate surface area is 162 Å². The van der Waals surface area contributed by atoms with E-state index >= 15 is 0 Å². The third-order valence-electron chi connectivity index (χ3n) is 4.72. The Bertz CT molecular complexity index is 624. The molecule has 1 aliphatic rings. The lowest BCUT2D eigenvalue weighted by Gasteiger charge is -2.35. The van der Waals surface area contributed by atoms with Crippen molar-refractivity contribution >= 4 is 11.8 Å². The number of nitrogens with one attached hydrogen (secondary N) is 1. The number of benzene rings is 1. The fourth-order valence-corrected chi connectivity index (χ4v) is 3.15. The van der Waals surface area contributed by atoms with Gasteiger partial charge in [0, 0.05) is 45.8 Å². The maximum atomic E-state index is 12.4. The van der Waals surface area contributed by atoms with Crippen LogP contribution >= 0.6 is 0 Å². The Morgan fingerprint density at radius 1 is 1.07 bits per heavy atom. The van der Waals surface area contributed by atoms with Crippen LogP contribution in [0.25, 0.3) is 0 Å². The van der Waals surface area contributed by atoms with Crippen LogP contribution in [-0.4, -0.2) is 78.9 Å². The molecule has 1 fully saturated rings. The molecule has 0 aromatic heterocycles. The van der Waals surface area contributed by atoms with Crippen molar-refractivity contribution < 1.29 is 9.59 Å². The summed E-state index contributed by atoms with van der Waals surface area (Å²) >= 11 is 0. The molecule has 2 amide bonds. The average molecular weight is 373 g/mol. The smallest absolute Gasteiger partial charge is 0.237 e. The van der Waals surface area contributed by atoms with Gasteiger partial charge < -0.3 is 10.2 Å². The van der Waals surface area contributed by atoms with Gasteiger partial charge in [0.05, 0.1) is 13.1 Å². The zero-order valence-electron chi connectivity index (χ0n) is 16.6. The first-order chi connectivity index (χ1) is 13.0. The van der Waals surface area contributed by atoms with Crippen molar-refractivity contribution in [3.63, 3.8) is 0 Å². The van der Waals surface area contributed by atoms with Crippen LogP contribution in [0.5, 0.6) is 0 Å². The van der Waals surface area contributed by atoms with Crippen molar-refractivity contribution in [1.29, 1.82) is 0 Å². The highest BCUT2D eigenvalue weighted by atomic mass is 16.2. The molecule has 0 spiro atoms. The SMILES string of the molecule is C=C(C)CN(CC)C(=O)CN1CCN(CC(=O)NCc2ccccc2)CC1. The van der Waals surface area contributed by atoms with Crippen LogP contribution in [0, 0.1) is 0 Å². The Morgan fingerprint density at radius 3 is 2.22 bits per heavy atom. The molecule has 1 aromatic rings. The van der Waals surface area contributed by atoms with E-state index < -0.39 is 0 Å². The Kier molecular flexibility index (Phi) is 8.48.